The Kier molecular flexibility index (Phi) is 11.3. The molecule has 2 aromatic heterocycles. The minimum atomic E-state index is -0.942. The lowest BCUT2D eigenvalue weighted by Gasteiger charge is -2.48. The number of anilines is 5. The first kappa shape index (κ1) is 46.2. The summed E-state index contributed by atoms with van der Waals surface area (Å²) in [6.45, 7) is 19.0. The third-order valence-corrected chi connectivity index (χ3v) is 14.7. The summed E-state index contributed by atoms with van der Waals surface area (Å²) >= 11 is 0. The van der Waals surface area contributed by atoms with Gasteiger partial charge in [-0.1, -0.05) is 128 Å². The Morgan fingerprint density at radius 3 is 1.62 bits per heavy atom. The summed E-state index contributed by atoms with van der Waals surface area (Å²) in [6, 6.07) is 65.1. The van der Waals surface area contributed by atoms with Crippen molar-refractivity contribution in [3.05, 3.63) is 221 Å². The van der Waals surface area contributed by atoms with E-state index in [9.17, 15) is 10.5 Å². The number of fused-ring (bicyclic) bond motifs is 5. The molecule has 0 N–H and O–H groups in total. The predicted octanol–water partition coefficient (Wildman–Crippen LogP) is 14.8. The van der Waals surface area contributed by atoms with Crippen molar-refractivity contribution in [3.8, 4) is 35.0 Å². The fourth-order valence-corrected chi connectivity index (χ4v) is 10.5. The number of nitriles is 2. The van der Waals surface area contributed by atoms with E-state index in [0.717, 1.165) is 82.8 Å². The maximum absolute atomic E-state index is 11.9. The Morgan fingerprint density at radius 2 is 1.03 bits per heavy atom. The average Bonchev–Trinajstić information content (AvgIpc) is 3.90. The van der Waals surface area contributed by atoms with Crippen LogP contribution in [0.4, 0.5) is 28.4 Å². The van der Waals surface area contributed by atoms with Crippen molar-refractivity contribution in [2.45, 2.75) is 59.7 Å². The molecule has 1 aliphatic rings. The van der Waals surface area contributed by atoms with Crippen molar-refractivity contribution < 1.29 is 9.47 Å². The molecule has 0 saturated carbocycles. The largest absolute Gasteiger partial charge is 0.477 e. The average molecular weight is 951 g/mol. The molecule has 8 aromatic carbocycles. The van der Waals surface area contributed by atoms with E-state index in [1.165, 1.54) is 0 Å². The summed E-state index contributed by atoms with van der Waals surface area (Å²) in [6.07, 6.45) is 4.20. The maximum Gasteiger partial charge on any atom is 0.189 e. The summed E-state index contributed by atoms with van der Waals surface area (Å²) in [5.74, 6) is 0.644. The molecule has 73 heavy (non-hydrogen) atoms. The van der Waals surface area contributed by atoms with Gasteiger partial charge in [-0.25, -0.2) is 0 Å². The molecule has 8 nitrogen and oxygen atoms in total. The zero-order valence-corrected chi connectivity index (χ0v) is 42.1. The summed E-state index contributed by atoms with van der Waals surface area (Å²) in [5.41, 5.74) is 8.89. The van der Waals surface area contributed by atoms with Crippen LogP contribution in [-0.2, 0) is 0 Å². The number of hydrogen-bond acceptors (Lipinski definition) is 6. The third-order valence-electron chi connectivity index (χ3n) is 14.7. The van der Waals surface area contributed by atoms with E-state index in [2.05, 4.69) is 142 Å². The Labute approximate surface area is 426 Å². The number of rotatable bonds is 9. The number of benzene rings is 8. The van der Waals surface area contributed by atoms with E-state index >= 15 is 0 Å². The molecule has 0 amide bonds. The van der Waals surface area contributed by atoms with E-state index < -0.39 is 11.2 Å². The first-order valence-electron chi connectivity index (χ1n) is 24.6. The van der Waals surface area contributed by atoms with Gasteiger partial charge in [-0.05, 0) is 126 Å². The Bertz CT molecular complexity index is 4070. The van der Waals surface area contributed by atoms with Gasteiger partial charge in [-0.15, -0.1) is 0 Å². The first-order valence-corrected chi connectivity index (χ1v) is 24.6. The molecule has 0 radical (unpaired) electrons. The normalized spacial score (nSPS) is 14.0. The second-order valence-electron chi connectivity index (χ2n) is 19.6. The third kappa shape index (κ3) is 7.42. The van der Waals surface area contributed by atoms with Crippen LogP contribution in [-0.4, -0.2) is 20.3 Å². The standard InChI is InChI=1S/C65H54N6O2/c1-9-48-49-30-18-22-34-56(49)69(45-26-12-10-13-27-45)58(48)38-44(4)68(54-32-20-16-24-42(54)2)60-52(40-66)53(41-67)61(63-62(60)72-64(5,6)65(7,8)73-63)71(55-33-21-17-25-43(55)3)47-36-37-51-50-31-19-23-35-57(50)70(59(51)39-47)46-28-14-11-15-29-46/h9-39H,4H2,1-3,5-8H3/b48-9-,58-38+. The number of aromatic nitrogens is 2. The number of ether oxygens (including phenoxy) is 2. The number of hydrogen-bond donors (Lipinski definition) is 0. The lowest BCUT2D eigenvalue weighted by molar-refractivity contribution is -0.0982. The van der Waals surface area contributed by atoms with Gasteiger partial charge in [0, 0.05) is 55.5 Å². The van der Waals surface area contributed by atoms with Crippen LogP contribution < -0.4 is 29.8 Å². The lowest BCUT2D eigenvalue weighted by atomic mass is 9.86. The van der Waals surface area contributed by atoms with E-state index in [1.807, 2.05) is 125 Å². The molecule has 3 heterocycles. The van der Waals surface area contributed by atoms with Crippen LogP contribution in [0.15, 0.2) is 188 Å². The molecule has 11 rings (SSSR count). The Morgan fingerprint density at radius 1 is 0.548 bits per heavy atom. The Balaban J connectivity index is 1.25. The van der Waals surface area contributed by atoms with E-state index in [0.29, 0.717) is 28.6 Å². The highest BCUT2D eigenvalue weighted by Crippen LogP contribution is 2.60. The molecule has 0 saturated heterocycles. The van der Waals surface area contributed by atoms with Crippen LogP contribution in [0.1, 0.15) is 56.9 Å². The number of aryl methyl sites for hydroxylation is 2. The van der Waals surface area contributed by atoms with Crippen molar-refractivity contribution in [1.29, 1.82) is 10.5 Å². The van der Waals surface area contributed by atoms with Gasteiger partial charge in [0.15, 0.2) is 11.5 Å². The van der Waals surface area contributed by atoms with Gasteiger partial charge >= 0.3 is 0 Å². The predicted molar refractivity (Wildman–Crippen MR) is 299 cm³/mol. The quantitative estimate of drug-likeness (QED) is 0.143. The summed E-state index contributed by atoms with van der Waals surface area (Å²) in [7, 11) is 0. The summed E-state index contributed by atoms with van der Waals surface area (Å²) in [4.78, 5) is 4.05. The number of nitrogens with zero attached hydrogens (tertiary/aromatic N) is 6. The van der Waals surface area contributed by atoms with E-state index in [-0.39, 0.29) is 11.1 Å². The van der Waals surface area contributed by atoms with Crippen LogP contribution in [0.25, 0.3) is 56.2 Å². The smallest absolute Gasteiger partial charge is 0.189 e. The second-order valence-corrected chi connectivity index (χ2v) is 19.6. The van der Waals surface area contributed by atoms with E-state index in [1.54, 1.807) is 0 Å². The van der Waals surface area contributed by atoms with Gasteiger partial charge in [0.1, 0.15) is 45.8 Å². The molecule has 0 spiro atoms. The molecule has 0 unspecified atom stereocenters. The highest BCUT2D eigenvalue weighted by Gasteiger charge is 2.50. The fourth-order valence-electron chi connectivity index (χ4n) is 10.5. The topological polar surface area (TPSA) is 82.4 Å². The van der Waals surface area contributed by atoms with Gasteiger partial charge in [-0.3, -0.25) is 0 Å². The van der Waals surface area contributed by atoms with Gasteiger partial charge in [-0.2, -0.15) is 10.5 Å². The second kappa shape index (κ2) is 17.9. The van der Waals surface area contributed by atoms with Crippen molar-refractivity contribution in [2.75, 3.05) is 9.80 Å². The molecule has 356 valence electrons. The molecule has 0 bridgehead atoms. The summed E-state index contributed by atoms with van der Waals surface area (Å²) in [5, 5.41) is 28.9. The molecule has 10 aromatic rings. The fraction of sp³-hybridized carbons (Fsp3) is 0.138. The maximum atomic E-state index is 11.9. The summed E-state index contributed by atoms with van der Waals surface area (Å²) < 4.78 is 19.3. The van der Waals surface area contributed by atoms with Crippen LogP contribution in [0.2, 0.25) is 0 Å². The van der Waals surface area contributed by atoms with Crippen LogP contribution in [0.3, 0.4) is 0 Å². The molecular weight excluding hydrogens is 897 g/mol. The number of para-hydroxylation sites is 6. The van der Waals surface area contributed by atoms with E-state index in [4.69, 9.17) is 16.1 Å². The van der Waals surface area contributed by atoms with Gasteiger partial charge in [0.05, 0.1) is 21.9 Å². The first-order chi connectivity index (χ1) is 35.4. The minimum Gasteiger partial charge on any atom is -0.477 e. The highest BCUT2D eigenvalue weighted by molar-refractivity contribution is 6.11. The highest BCUT2D eigenvalue weighted by atomic mass is 16.6. The van der Waals surface area contributed by atoms with Crippen LogP contribution >= 0.6 is 0 Å². The zero-order chi connectivity index (χ0) is 50.8. The van der Waals surface area contributed by atoms with Crippen molar-refractivity contribution in [1.82, 2.24) is 9.13 Å². The lowest BCUT2D eigenvalue weighted by Crippen LogP contribution is -2.56. The zero-order valence-electron chi connectivity index (χ0n) is 42.1. The van der Waals surface area contributed by atoms with Crippen LogP contribution in [0.5, 0.6) is 11.5 Å². The molecular formula is C65H54N6O2. The molecule has 0 atom stereocenters. The molecule has 0 aliphatic carbocycles. The van der Waals surface area contributed by atoms with Gasteiger partial charge in [0.25, 0.3) is 0 Å². The monoisotopic (exact) mass is 950 g/mol. The molecule has 8 heteroatoms. The van der Waals surface area contributed by atoms with Gasteiger partial charge in [0.2, 0.25) is 0 Å². The SMILES string of the molecule is C=C(/C=c1\c(=C/C)c2ccccc2n1-c1ccccc1)N(c1ccccc1C)c1c(C#N)c(C#N)c(N(c2ccc3c4ccccc4n(-c4ccccc4)c3c2)c2ccccc2C)c2c1OC(C)(C)C(C)(C)O2. The molecule has 0 fully saturated rings. The molecule has 1 aliphatic heterocycles. The van der Waals surface area contributed by atoms with Crippen molar-refractivity contribution in [2.24, 2.45) is 0 Å². The minimum absolute atomic E-state index is 0.108. The Hall–Kier alpha value is -9.24. The van der Waals surface area contributed by atoms with Crippen molar-refractivity contribution >= 4 is 73.3 Å². The van der Waals surface area contributed by atoms with Crippen LogP contribution in [0, 0.1) is 36.5 Å². The van der Waals surface area contributed by atoms with Crippen molar-refractivity contribution in [3.63, 3.8) is 0 Å². The number of allylic oxidation sites excluding steroid dienone is 1. The van der Waals surface area contributed by atoms with Gasteiger partial charge < -0.3 is 28.4 Å².